The molecule has 0 spiro atoms. The van der Waals surface area contributed by atoms with Gasteiger partial charge in [0.15, 0.2) is 5.78 Å². The Morgan fingerprint density at radius 3 is 2.25 bits per heavy atom. The molecule has 0 amide bonds. The molecule has 52 heavy (non-hydrogen) atoms. The minimum absolute atomic E-state index is 0.00780. The van der Waals surface area contributed by atoms with E-state index in [1.165, 1.54) is 11.1 Å². The van der Waals surface area contributed by atoms with Crippen LogP contribution in [0.3, 0.4) is 0 Å². The van der Waals surface area contributed by atoms with Crippen LogP contribution in [-0.4, -0.2) is 46.7 Å². The maximum absolute atomic E-state index is 14.0. The van der Waals surface area contributed by atoms with Crippen molar-refractivity contribution >= 4 is 17.7 Å². The molecule has 1 aromatic rings. The zero-order chi connectivity index (χ0) is 38.1. The molecule has 0 heterocycles. The molecule has 0 radical (unpaired) electrons. The summed E-state index contributed by atoms with van der Waals surface area (Å²) >= 11 is 0. The van der Waals surface area contributed by atoms with E-state index in [-0.39, 0.29) is 64.2 Å². The van der Waals surface area contributed by atoms with E-state index in [9.17, 15) is 24.6 Å². The molecule has 288 valence electrons. The summed E-state index contributed by atoms with van der Waals surface area (Å²) in [6.45, 7) is 21.4. The third kappa shape index (κ3) is 6.31. The van der Waals surface area contributed by atoms with Crippen molar-refractivity contribution in [3.63, 3.8) is 0 Å². The number of hydrogen-bond acceptors (Lipinski definition) is 6. The molecule has 4 fully saturated rings. The van der Waals surface area contributed by atoms with Crippen LogP contribution in [0.1, 0.15) is 139 Å². The third-order valence-electron chi connectivity index (χ3n) is 16.1. The number of aliphatic carboxylic acids is 1. The Balaban J connectivity index is 1.25. The van der Waals surface area contributed by atoms with Crippen molar-refractivity contribution in [1.82, 2.24) is 5.32 Å². The Kier molecular flexibility index (Phi) is 10.3. The van der Waals surface area contributed by atoms with Crippen LogP contribution < -0.4 is 5.32 Å². The molecule has 0 aromatic heterocycles. The summed E-state index contributed by atoms with van der Waals surface area (Å²) in [7, 11) is 0. The SMILES string of the molecule is CC(C)C1=C2[C@H]3CC[C@@H]4[C@@]5(C)CC[C@H](OC(=O)CC(C)(C)CC(=O)O)C(C)(C)[C@@H]5CC[C@@]4(C)[C@]3(C)CCC2(C(O)CNCc2ccccc2)CC1=O. The third-order valence-corrected chi connectivity index (χ3v) is 16.1. The Morgan fingerprint density at radius 2 is 1.60 bits per heavy atom. The highest BCUT2D eigenvalue weighted by atomic mass is 16.5. The molecule has 0 bridgehead atoms. The lowest BCUT2D eigenvalue weighted by molar-refractivity contribution is -0.235. The van der Waals surface area contributed by atoms with Crippen molar-refractivity contribution in [2.45, 2.75) is 152 Å². The van der Waals surface area contributed by atoms with Gasteiger partial charge in [-0.05, 0) is 108 Å². The lowest BCUT2D eigenvalue weighted by Crippen LogP contribution is -2.66. The molecule has 7 heteroatoms. The minimum Gasteiger partial charge on any atom is -0.481 e. The first-order chi connectivity index (χ1) is 24.2. The number of rotatable bonds is 11. The zero-order valence-electron chi connectivity index (χ0n) is 33.6. The fourth-order valence-corrected chi connectivity index (χ4v) is 13.5. The summed E-state index contributed by atoms with van der Waals surface area (Å²) in [5, 5.41) is 25.0. The summed E-state index contributed by atoms with van der Waals surface area (Å²) in [6.07, 6.45) is 7.66. The highest BCUT2D eigenvalue weighted by Gasteiger charge is 2.70. The number of ether oxygens (including phenoxy) is 1. The van der Waals surface area contributed by atoms with Gasteiger partial charge in [-0.25, -0.2) is 0 Å². The van der Waals surface area contributed by atoms with Gasteiger partial charge in [0.2, 0.25) is 0 Å². The second kappa shape index (κ2) is 13.7. The van der Waals surface area contributed by atoms with Gasteiger partial charge >= 0.3 is 11.9 Å². The fourth-order valence-electron chi connectivity index (χ4n) is 13.5. The van der Waals surface area contributed by atoms with Gasteiger partial charge in [0.1, 0.15) is 6.10 Å². The van der Waals surface area contributed by atoms with Gasteiger partial charge in [0, 0.05) is 30.3 Å². The highest BCUT2D eigenvalue weighted by molar-refractivity contribution is 6.00. The molecular formula is C45H67NO6. The molecular weight excluding hydrogens is 650 g/mol. The minimum atomic E-state index is -0.896. The number of hydrogen-bond donors (Lipinski definition) is 3. The van der Waals surface area contributed by atoms with Crippen LogP contribution in [0.4, 0.5) is 0 Å². The molecule has 5 aliphatic rings. The average Bonchev–Trinajstić information content (AvgIpc) is 3.35. The number of esters is 1. The monoisotopic (exact) mass is 717 g/mol. The largest absolute Gasteiger partial charge is 0.481 e. The Labute approximate surface area is 313 Å². The van der Waals surface area contributed by atoms with Crippen molar-refractivity contribution in [3.8, 4) is 0 Å². The van der Waals surface area contributed by atoms with Gasteiger partial charge in [0.05, 0.1) is 18.9 Å². The number of nitrogens with one attached hydrogen (secondary N) is 1. The molecule has 3 N–H and O–H groups in total. The van der Waals surface area contributed by atoms with Crippen LogP contribution in [-0.2, 0) is 25.7 Å². The Hall–Kier alpha value is -2.51. The van der Waals surface area contributed by atoms with E-state index in [1.54, 1.807) is 0 Å². The summed E-state index contributed by atoms with van der Waals surface area (Å²) < 4.78 is 6.26. The van der Waals surface area contributed by atoms with Gasteiger partial charge in [-0.1, -0.05) is 98.2 Å². The number of benzene rings is 1. The van der Waals surface area contributed by atoms with Gasteiger partial charge < -0.3 is 20.3 Å². The molecule has 0 aliphatic heterocycles. The van der Waals surface area contributed by atoms with E-state index >= 15 is 0 Å². The predicted octanol–water partition coefficient (Wildman–Crippen LogP) is 8.92. The number of Topliss-reactive ketones (excluding diaryl/α,β-unsaturated/α-hetero) is 1. The van der Waals surface area contributed by atoms with E-state index in [0.29, 0.717) is 31.3 Å². The van der Waals surface area contributed by atoms with Crippen molar-refractivity contribution in [2.24, 2.45) is 56.2 Å². The van der Waals surface area contributed by atoms with Gasteiger partial charge in [0.25, 0.3) is 0 Å². The van der Waals surface area contributed by atoms with E-state index in [0.717, 1.165) is 56.9 Å². The van der Waals surface area contributed by atoms with E-state index in [1.807, 2.05) is 32.0 Å². The fraction of sp³-hybridized carbons (Fsp3) is 0.756. The van der Waals surface area contributed by atoms with Crippen LogP contribution in [0, 0.1) is 56.2 Å². The number of aliphatic hydroxyl groups is 1. The van der Waals surface area contributed by atoms with E-state index in [4.69, 9.17) is 4.74 Å². The number of carbonyl (C=O) groups is 3. The van der Waals surface area contributed by atoms with Gasteiger partial charge in [-0.2, -0.15) is 0 Å². The summed E-state index contributed by atoms with van der Waals surface area (Å²) in [4.78, 5) is 38.6. The predicted molar refractivity (Wildman–Crippen MR) is 204 cm³/mol. The second-order valence-corrected chi connectivity index (χ2v) is 20.2. The molecule has 5 aliphatic carbocycles. The first kappa shape index (κ1) is 39.2. The maximum Gasteiger partial charge on any atom is 0.306 e. The van der Waals surface area contributed by atoms with Gasteiger partial charge in [-0.15, -0.1) is 0 Å². The Bertz CT molecular complexity index is 1580. The van der Waals surface area contributed by atoms with Crippen molar-refractivity contribution in [2.75, 3.05) is 6.54 Å². The number of aliphatic hydroxyl groups excluding tert-OH is 1. The number of carboxylic acid groups (broad SMARTS) is 1. The standard InChI is InChI=1S/C45H67NO6/c1-28(2)38-31(47)23-45(34(48)27-46-26-29-13-11-10-12-14-29)22-21-43(8)30(39(38)45)15-16-33-42(7)19-18-35(41(5,6)32(42)17-20-44(33,43)9)52-37(51)25-40(3,4)24-36(49)50/h10-14,28,30,32-35,46,48H,15-27H2,1-9H3,(H,49,50)/t30-,32+,33-,34?,35+,42+,43-,44-,45?/m1/s1. The molecule has 9 atom stereocenters. The number of carbonyl (C=O) groups excluding carboxylic acids is 2. The quantitative estimate of drug-likeness (QED) is 0.196. The van der Waals surface area contributed by atoms with Crippen molar-refractivity contribution in [1.29, 1.82) is 0 Å². The van der Waals surface area contributed by atoms with Crippen LogP contribution in [0.15, 0.2) is 41.5 Å². The van der Waals surface area contributed by atoms with Crippen molar-refractivity contribution in [3.05, 3.63) is 47.0 Å². The topological polar surface area (TPSA) is 113 Å². The van der Waals surface area contributed by atoms with Gasteiger partial charge in [-0.3, -0.25) is 14.4 Å². The zero-order valence-corrected chi connectivity index (χ0v) is 33.6. The molecule has 6 rings (SSSR count). The van der Waals surface area contributed by atoms with Crippen molar-refractivity contribution < 1.29 is 29.3 Å². The number of ketones is 1. The van der Waals surface area contributed by atoms with Crippen LogP contribution in [0.2, 0.25) is 0 Å². The maximum atomic E-state index is 14.0. The second-order valence-electron chi connectivity index (χ2n) is 20.2. The lowest BCUT2D eigenvalue weighted by Gasteiger charge is -2.72. The average molecular weight is 718 g/mol. The molecule has 0 saturated heterocycles. The summed E-state index contributed by atoms with van der Waals surface area (Å²) in [5.41, 5.74) is 2.32. The summed E-state index contributed by atoms with van der Waals surface area (Å²) in [5.74, 6) is 0.377. The molecule has 1 aromatic carbocycles. The smallest absolute Gasteiger partial charge is 0.306 e. The van der Waals surface area contributed by atoms with Crippen LogP contribution >= 0.6 is 0 Å². The number of carboxylic acids is 1. The summed E-state index contributed by atoms with van der Waals surface area (Å²) in [6, 6.07) is 10.3. The highest BCUT2D eigenvalue weighted by Crippen LogP contribution is 2.77. The van der Waals surface area contributed by atoms with E-state index in [2.05, 4.69) is 65.9 Å². The number of fused-ring (bicyclic) bond motifs is 7. The first-order valence-corrected chi connectivity index (χ1v) is 20.3. The first-order valence-electron chi connectivity index (χ1n) is 20.3. The normalized spacial score (nSPS) is 37.5. The van der Waals surface area contributed by atoms with Crippen LogP contribution in [0.5, 0.6) is 0 Å². The molecule has 7 nitrogen and oxygen atoms in total. The molecule has 2 unspecified atom stereocenters. The Morgan fingerprint density at radius 1 is 0.904 bits per heavy atom. The van der Waals surface area contributed by atoms with E-state index < -0.39 is 22.9 Å². The lowest BCUT2D eigenvalue weighted by atomic mass is 9.33. The van der Waals surface area contributed by atoms with Crippen LogP contribution in [0.25, 0.3) is 0 Å². The number of allylic oxidation sites excluding steroid dienone is 1. The molecule has 4 saturated carbocycles.